The summed E-state index contributed by atoms with van der Waals surface area (Å²) in [7, 11) is 0. The average Bonchev–Trinajstić information content (AvgIpc) is 2.61. The topological polar surface area (TPSA) is 15.7 Å². The molecule has 26 heavy (non-hydrogen) atoms. The molecule has 0 bridgehead atoms. The Labute approximate surface area is 168 Å². The zero-order valence-electron chi connectivity index (χ0n) is 15.9. The van der Waals surface area contributed by atoms with Gasteiger partial charge in [-0.15, -0.1) is 11.6 Å². The molecule has 144 valence electrons. The summed E-state index contributed by atoms with van der Waals surface area (Å²) in [5, 5.41) is 0. The number of alkyl halides is 1. The molecule has 1 unspecified atom stereocenters. The summed E-state index contributed by atoms with van der Waals surface area (Å²) in [5.74, 6) is 0.936. The van der Waals surface area contributed by atoms with Crippen LogP contribution in [0, 0.1) is 5.41 Å². The van der Waals surface area contributed by atoms with Gasteiger partial charge in [-0.3, -0.25) is 0 Å². The van der Waals surface area contributed by atoms with Crippen LogP contribution in [0.15, 0.2) is 30.3 Å². The molecule has 1 aromatic carbocycles. The van der Waals surface area contributed by atoms with Gasteiger partial charge in [-0.25, -0.2) is 0 Å². The largest absolute Gasteiger partial charge is 0.494 e. The van der Waals surface area contributed by atoms with Crippen LogP contribution in [0.3, 0.4) is 0 Å². The first-order chi connectivity index (χ1) is 12.4. The third-order valence-electron chi connectivity index (χ3n) is 5.30. The fourth-order valence-electron chi connectivity index (χ4n) is 3.89. The number of likely N-dealkylation sites (tertiary alicyclic amines) is 1. The van der Waals surface area contributed by atoms with Crippen molar-refractivity contribution in [3.8, 4) is 5.75 Å². The number of benzene rings is 1. The maximum atomic E-state index is 6.23. The summed E-state index contributed by atoms with van der Waals surface area (Å²) in [6, 6.07) is 8.33. The molecule has 3 nitrogen and oxygen atoms in total. The van der Waals surface area contributed by atoms with E-state index in [2.05, 4.69) is 49.1 Å². The second kappa shape index (κ2) is 8.97. The van der Waals surface area contributed by atoms with Crippen LogP contribution < -0.4 is 4.74 Å². The number of piperidine rings is 1. The lowest BCUT2D eigenvalue weighted by Crippen LogP contribution is -2.40. The monoisotopic (exact) mass is 396 g/mol. The van der Waals surface area contributed by atoms with Crippen LogP contribution in [0.5, 0.6) is 5.75 Å². The van der Waals surface area contributed by atoms with Gasteiger partial charge in [-0.2, -0.15) is 4.42 Å². The fourth-order valence-corrected chi connectivity index (χ4v) is 4.27. The molecule has 0 aliphatic carbocycles. The SMILES string of the molecule is CC1(C)CCCN(CCCOc2ccc(C3=CCN(Cl)C(Cl)C3)cc2)C1. The van der Waals surface area contributed by atoms with Crippen molar-refractivity contribution in [2.45, 2.75) is 45.0 Å². The molecular formula is C21H30Cl2N2O. The lowest BCUT2D eigenvalue weighted by Gasteiger charge is -2.38. The number of rotatable bonds is 6. The van der Waals surface area contributed by atoms with E-state index in [0.717, 1.165) is 31.7 Å². The Bertz CT molecular complexity index is 615. The summed E-state index contributed by atoms with van der Waals surface area (Å²) >= 11 is 12.3. The number of hydrogen-bond acceptors (Lipinski definition) is 3. The van der Waals surface area contributed by atoms with Gasteiger partial charge in [0.1, 0.15) is 11.3 Å². The third-order valence-corrected chi connectivity index (χ3v) is 6.16. The molecule has 0 aromatic heterocycles. The van der Waals surface area contributed by atoms with Crippen molar-refractivity contribution in [2.24, 2.45) is 5.41 Å². The van der Waals surface area contributed by atoms with Gasteiger partial charge in [0.25, 0.3) is 0 Å². The summed E-state index contributed by atoms with van der Waals surface area (Å²) in [5.41, 5.74) is 2.77. The van der Waals surface area contributed by atoms with E-state index >= 15 is 0 Å². The van der Waals surface area contributed by atoms with E-state index in [9.17, 15) is 0 Å². The molecule has 2 aliphatic rings. The minimum Gasteiger partial charge on any atom is -0.494 e. The van der Waals surface area contributed by atoms with E-state index in [0.29, 0.717) is 12.0 Å². The van der Waals surface area contributed by atoms with Crippen LogP contribution in [0.2, 0.25) is 0 Å². The van der Waals surface area contributed by atoms with Crippen molar-refractivity contribution < 1.29 is 4.74 Å². The molecule has 1 atom stereocenters. The van der Waals surface area contributed by atoms with Crippen LogP contribution in [0.4, 0.5) is 0 Å². The summed E-state index contributed by atoms with van der Waals surface area (Å²) in [6.45, 7) is 9.75. The van der Waals surface area contributed by atoms with E-state index in [4.69, 9.17) is 28.1 Å². The number of hydrogen-bond donors (Lipinski definition) is 0. The van der Waals surface area contributed by atoms with Crippen molar-refractivity contribution in [2.75, 3.05) is 32.8 Å². The smallest absolute Gasteiger partial charge is 0.119 e. The molecule has 0 N–H and O–H groups in total. The van der Waals surface area contributed by atoms with E-state index in [1.807, 2.05) is 0 Å². The van der Waals surface area contributed by atoms with Gasteiger partial charge in [-0.05, 0) is 66.3 Å². The van der Waals surface area contributed by atoms with Gasteiger partial charge < -0.3 is 9.64 Å². The number of ether oxygens (including phenoxy) is 1. The quantitative estimate of drug-likeness (QED) is 0.277. The maximum absolute atomic E-state index is 6.23. The molecule has 0 spiro atoms. The first kappa shape index (κ1) is 20.0. The molecule has 0 radical (unpaired) electrons. The molecule has 3 rings (SSSR count). The molecule has 0 saturated carbocycles. The second-order valence-electron chi connectivity index (χ2n) is 8.22. The molecule has 2 heterocycles. The van der Waals surface area contributed by atoms with Gasteiger partial charge in [0.2, 0.25) is 0 Å². The average molecular weight is 397 g/mol. The highest BCUT2D eigenvalue weighted by Gasteiger charge is 2.25. The Morgan fingerprint density at radius 1 is 1.23 bits per heavy atom. The van der Waals surface area contributed by atoms with Gasteiger partial charge in [0.15, 0.2) is 0 Å². The fraction of sp³-hybridized carbons (Fsp3) is 0.619. The summed E-state index contributed by atoms with van der Waals surface area (Å²) in [4.78, 5) is 2.58. The normalized spacial score (nSPS) is 24.3. The number of nitrogens with zero attached hydrogens (tertiary/aromatic N) is 2. The highest BCUT2D eigenvalue weighted by molar-refractivity contribution is 6.25. The molecule has 1 saturated heterocycles. The number of halogens is 2. The third kappa shape index (κ3) is 5.63. The van der Waals surface area contributed by atoms with E-state index in [-0.39, 0.29) is 5.50 Å². The Kier molecular flexibility index (Phi) is 6.90. The van der Waals surface area contributed by atoms with Crippen LogP contribution in [0.1, 0.15) is 45.1 Å². The van der Waals surface area contributed by atoms with E-state index < -0.39 is 0 Å². The molecule has 1 aromatic rings. The molecular weight excluding hydrogens is 367 g/mol. The minimum atomic E-state index is -0.146. The predicted octanol–water partition coefficient (Wildman–Crippen LogP) is 5.39. The van der Waals surface area contributed by atoms with Crippen molar-refractivity contribution in [3.05, 3.63) is 35.9 Å². The van der Waals surface area contributed by atoms with Crippen LogP contribution in [-0.2, 0) is 0 Å². The Balaban J connectivity index is 1.42. The zero-order chi connectivity index (χ0) is 18.6. The predicted molar refractivity (Wildman–Crippen MR) is 111 cm³/mol. The van der Waals surface area contributed by atoms with E-state index in [1.54, 1.807) is 4.42 Å². The van der Waals surface area contributed by atoms with Crippen LogP contribution in [-0.4, -0.2) is 47.6 Å². The first-order valence-electron chi connectivity index (χ1n) is 9.64. The molecule has 1 fully saturated rings. The zero-order valence-corrected chi connectivity index (χ0v) is 17.4. The standard InChI is InChI=1S/C21H30Cl2N2O/c1-21(2)10-3-11-24(16-21)12-4-14-26-19-7-5-17(6-8-19)18-9-13-25(23)20(22)15-18/h5-9,20H,3-4,10-16H2,1-2H3. The van der Waals surface area contributed by atoms with Gasteiger partial charge in [0.05, 0.1) is 6.61 Å². The van der Waals surface area contributed by atoms with E-state index in [1.165, 1.54) is 37.1 Å². The second-order valence-corrected chi connectivity index (χ2v) is 9.16. The summed E-state index contributed by atoms with van der Waals surface area (Å²) in [6.07, 6.45) is 6.63. The Hall–Kier alpha value is -0.740. The first-order valence-corrected chi connectivity index (χ1v) is 10.4. The van der Waals surface area contributed by atoms with Gasteiger partial charge >= 0.3 is 0 Å². The molecule has 0 amide bonds. The lowest BCUT2D eigenvalue weighted by molar-refractivity contribution is 0.111. The van der Waals surface area contributed by atoms with Crippen LogP contribution >= 0.6 is 23.4 Å². The Morgan fingerprint density at radius 2 is 2.00 bits per heavy atom. The highest BCUT2D eigenvalue weighted by Crippen LogP contribution is 2.30. The molecule has 5 heteroatoms. The van der Waals surface area contributed by atoms with Crippen molar-refractivity contribution in [1.29, 1.82) is 0 Å². The molecule has 2 aliphatic heterocycles. The van der Waals surface area contributed by atoms with Crippen molar-refractivity contribution in [3.63, 3.8) is 0 Å². The summed E-state index contributed by atoms with van der Waals surface area (Å²) < 4.78 is 7.56. The van der Waals surface area contributed by atoms with Crippen molar-refractivity contribution in [1.82, 2.24) is 9.32 Å². The highest BCUT2D eigenvalue weighted by atomic mass is 35.5. The Morgan fingerprint density at radius 3 is 2.69 bits per heavy atom. The van der Waals surface area contributed by atoms with Crippen LogP contribution in [0.25, 0.3) is 5.57 Å². The minimum absolute atomic E-state index is 0.146. The van der Waals surface area contributed by atoms with Crippen molar-refractivity contribution >= 4 is 29.0 Å². The maximum Gasteiger partial charge on any atom is 0.119 e. The van der Waals surface area contributed by atoms with Gasteiger partial charge in [-0.1, -0.05) is 32.1 Å². The van der Waals surface area contributed by atoms with Gasteiger partial charge in [0, 0.05) is 26.1 Å². The lowest BCUT2D eigenvalue weighted by atomic mass is 9.84.